The van der Waals surface area contributed by atoms with E-state index >= 15 is 0 Å². The smallest absolute Gasteiger partial charge is 0.295 e. The van der Waals surface area contributed by atoms with E-state index in [1.807, 2.05) is 24.3 Å². The van der Waals surface area contributed by atoms with Gasteiger partial charge in [0.2, 0.25) is 0 Å². The third-order valence-corrected chi connectivity index (χ3v) is 3.29. The lowest BCUT2D eigenvalue weighted by Gasteiger charge is -2.26. The highest BCUT2D eigenvalue weighted by Crippen LogP contribution is 2.19. The van der Waals surface area contributed by atoms with Crippen LogP contribution in [0.4, 0.5) is 6.01 Å². The summed E-state index contributed by atoms with van der Waals surface area (Å²) in [7, 11) is 0. The van der Waals surface area contributed by atoms with Gasteiger partial charge in [0, 0.05) is 12.1 Å². The quantitative estimate of drug-likeness (QED) is 0.833. The minimum Gasteiger partial charge on any atom is -0.424 e. The van der Waals surface area contributed by atoms with Gasteiger partial charge in [0.25, 0.3) is 6.01 Å². The molecule has 4 heteroatoms. The van der Waals surface area contributed by atoms with Crippen molar-refractivity contribution in [2.24, 2.45) is 5.73 Å². The maximum atomic E-state index is 6.21. The average molecular weight is 233 g/mol. The van der Waals surface area contributed by atoms with E-state index < -0.39 is 0 Å². The van der Waals surface area contributed by atoms with Crippen LogP contribution in [0.15, 0.2) is 28.7 Å². The molecule has 17 heavy (non-hydrogen) atoms. The molecule has 0 aliphatic carbocycles. The standard InChI is InChI=1S/C13H19N3O/c1-3-13(14,4-2)9-15-12-16-10-7-5-6-8-11(10)17-12/h5-8H,3-4,9,14H2,1-2H3,(H,15,16). The molecule has 2 aromatic rings. The molecule has 1 heterocycles. The van der Waals surface area contributed by atoms with Crippen molar-refractivity contribution in [1.82, 2.24) is 4.98 Å². The Morgan fingerprint density at radius 3 is 2.65 bits per heavy atom. The summed E-state index contributed by atoms with van der Waals surface area (Å²) >= 11 is 0. The molecule has 3 N–H and O–H groups in total. The Morgan fingerprint density at radius 1 is 1.29 bits per heavy atom. The normalized spacial score (nSPS) is 11.9. The first-order chi connectivity index (χ1) is 8.17. The second-order valence-corrected chi connectivity index (χ2v) is 4.41. The predicted octanol–water partition coefficient (Wildman–Crippen LogP) is 2.76. The Kier molecular flexibility index (Phi) is 3.33. The molecule has 1 aromatic carbocycles. The van der Waals surface area contributed by atoms with E-state index in [-0.39, 0.29) is 5.54 Å². The summed E-state index contributed by atoms with van der Waals surface area (Å²) in [6.07, 6.45) is 1.85. The second-order valence-electron chi connectivity index (χ2n) is 4.41. The number of para-hydroxylation sites is 2. The molecule has 0 unspecified atom stereocenters. The van der Waals surface area contributed by atoms with Crippen LogP contribution in [0.3, 0.4) is 0 Å². The maximum absolute atomic E-state index is 6.21. The number of aromatic nitrogens is 1. The number of nitrogens with one attached hydrogen (secondary N) is 1. The molecule has 0 fully saturated rings. The van der Waals surface area contributed by atoms with Crippen molar-refractivity contribution < 1.29 is 4.42 Å². The lowest BCUT2D eigenvalue weighted by Crippen LogP contribution is -2.45. The van der Waals surface area contributed by atoms with Crippen LogP contribution in [0.2, 0.25) is 0 Å². The molecule has 0 radical (unpaired) electrons. The number of rotatable bonds is 5. The minimum absolute atomic E-state index is 0.194. The summed E-state index contributed by atoms with van der Waals surface area (Å²) in [6, 6.07) is 8.26. The number of nitrogens with two attached hydrogens (primary N) is 1. The monoisotopic (exact) mass is 233 g/mol. The van der Waals surface area contributed by atoms with E-state index in [4.69, 9.17) is 10.2 Å². The van der Waals surface area contributed by atoms with Gasteiger partial charge in [0.15, 0.2) is 5.58 Å². The molecular formula is C13H19N3O. The Bertz CT molecular complexity index is 455. The fourth-order valence-corrected chi connectivity index (χ4v) is 1.70. The van der Waals surface area contributed by atoms with Crippen molar-refractivity contribution in [3.8, 4) is 0 Å². The molecule has 0 atom stereocenters. The van der Waals surface area contributed by atoms with Gasteiger partial charge in [-0.2, -0.15) is 4.98 Å². The lowest BCUT2D eigenvalue weighted by atomic mass is 9.94. The first-order valence-electron chi connectivity index (χ1n) is 6.05. The highest BCUT2D eigenvalue weighted by Gasteiger charge is 2.20. The van der Waals surface area contributed by atoms with Crippen LogP contribution in [0.1, 0.15) is 26.7 Å². The van der Waals surface area contributed by atoms with Crippen molar-refractivity contribution in [3.05, 3.63) is 24.3 Å². The van der Waals surface area contributed by atoms with E-state index in [0.717, 1.165) is 23.9 Å². The first-order valence-corrected chi connectivity index (χ1v) is 6.05. The zero-order valence-electron chi connectivity index (χ0n) is 10.4. The van der Waals surface area contributed by atoms with Crippen LogP contribution in [-0.2, 0) is 0 Å². The van der Waals surface area contributed by atoms with Gasteiger partial charge >= 0.3 is 0 Å². The number of oxazole rings is 1. The molecule has 4 nitrogen and oxygen atoms in total. The molecule has 0 bridgehead atoms. The van der Waals surface area contributed by atoms with E-state index in [9.17, 15) is 0 Å². The Hall–Kier alpha value is -1.55. The number of hydrogen-bond acceptors (Lipinski definition) is 4. The molecule has 92 valence electrons. The first kappa shape index (κ1) is 11.9. The summed E-state index contributed by atoms with van der Waals surface area (Å²) in [5.74, 6) is 0. The maximum Gasteiger partial charge on any atom is 0.295 e. The molecule has 0 saturated heterocycles. The topological polar surface area (TPSA) is 64.1 Å². The number of nitrogens with zero attached hydrogens (tertiary/aromatic N) is 1. The summed E-state index contributed by atoms with van der Waals surface area (Å²) in [6.45, 7) is 4.86. The van der Waals surface area contributed by atoms with Gasteiger partial charge in [-0.1, -0.05) is 26.0 Å². The van der Waals surface area contributed by atoms with Crippen LogP contribution in [0.25, 0.3) is 11.1 Å². The Labute approximate surface area is 101 Å². The van der Waals surface area contributed by atoms with Crippen molar-refractivity contribution in [2.45, 2.75) is 32.2 Å². The van der Waals surface area contributed by atoms with Gasteiger partial charge in [0.1, 0.15) is 5.52 Å². The van der Waals surface area contributed by atoms with Crippen LogP contribution in [0, 0.1) is 0 Å². The van der Waals surface area contributed by atoms with Crippen molar-refractivity contribution in [2.75, 3.05) is 11.9 Å². The molecule has 1 aromatic heterocycles. The molecule has 0 saturated carbocycles. The van der Waals surface area contributed by atoms with Crippen LogP contribution in [0.5, 0.6) is 0 Å². The second kappa shape index (κ2) is 4.75. The molecular weight excluding hydrogens is 214 g/mol. The number of benzene rings is 1. The third-order valence-electron chi connectivity index (χ3n) is 3.29. The van der Waals surface area contributed by atoms with E-state index in [1.54, 1.807) is 0 Å². The molecule has 0 spiro atoms. The van der Waals surface area contributed by atoms with Crippen molar-refractivity contribution in [1.29, 1.82) is 0 Å². The van der Waals surface area contributed by atoms with Gasteiger partial charge in [0.05, 0.1) is 0 Å². The Morgan fingerprint density at radius 2 is 2.00 bits per heavy atom. The summed E-state index contributed by atoms with van der Waals surface area (Å²) in [4.78, 5) is 4.35. The minimum atomic E-state index is -0.194. The molecule has 0 aliphatic heterocycles. The predicted molar refractivity (Wildman–Crippen MR) is 70.0 cm³/mol. The van der Waals surface area contributed by atoms with Gasteiger partial charge in [-0.3, -0.25) is 0 Å². The molecule has 0 aliphatic rings. The van der Waals surface area contributed by atoms with Crippen molar-refractivity contribution in [3.63, 3.8) is 0 Å². The fourth-order valence-electron chi connectivity index (χ4n) is 1.70. The highest BCUT2D eigenvalue weighted by atomic mass is 16.4. The molecule has 0 amide bonds. The van der Waals surface area contributed by atoms with Crippen LogP contribution < -0.4 is 11.1 Å². The van der Waals surface area contributed by atoms with E-state index in [0.29, 0.717) is 12.6 Å². The Balaban J connectivity index is 2.09. The highest BCUT2D eigenvalue weighted by molar-refractivity contribution is 5.74. The third kappa shape index (κ3) is 2.58. The fraction of sp³-hybridized carbons (Fsp3) is 0.462. The number of hydrogen-bond donors (Lipinski definition) is 2. The summed E-state index contributed by atoms with van der Waals surface area (Å²) in [5.41, 5.74) is 7.68. The van der Waals surface area contributed by atoms with E-state index in [2.05, 4.69) is 24.1 Å². The van der Waals surface area contributed by atoms with Crippen LogP contribution in [-0.4, -0.2) is 17.1 Å². The average Bonchev–Trinajstić information content (AvgIpc) is 2.79. The van der Waals surface area contributed by atoms with E-state index in [1.165, 1.54) is 0 Å². The van der Waals surface area contributed by atoms with Gasteiger partial charge in [-0.15, -0.1) is 0 Å². The van der Waals surface area contributed by atoms with Crippen LogP contribution >= 0.6 is 0 Å². The largest absolute Gasteiger partial charge is 0.424 e. The SMILES string of the molecule is CCC(N)(CC)CNc1nc2ccccc2o1. The number of anilines is 1. The number of fused-ring (bicyclic) bond motifs is 1. The lowest BCUT2D eigenvalue weighted by molar-refractivity contribution is 0.413. The van der Waals surface area contributed by atoms with Gasteiger partial charge < -0.3 is 15.5 Å². The zero-order valence-corrected chi connectivity index (χ0v) is 10.4. The van der Waals surface area contributed by atoms with Gasteiger partial charge in [-0.25, -0.2) is 0 Å². The van der Waals surface area contributed by atoms with Gasteiger partial charge in [-0.05, 0) is 25.0 Å². The zero-order chi connectivity index (χ0) is 12.3. The van der Waals surface area contributed by atoms with Crippen molar-refractivity contribution >= 4 is 17.1 Å². The summed E-state index contributed by atoms with van der Waals surface area (Å²) < 4.78 is 5.57. The summed E-state index contributed by atoms with van der Waals surface area (Å²) in [5, 5.41) is 3.17. The molecule has 2 rings (SSSR count).